The lowest BCUT2D eigenvalue weighted by Gasteiger charge is -2.51. The van der Waals surface area contributed by atoms with Crippen molar-refractivity contribution < 1.29 is 18.8 Å². The molecule has 3 aromatic rings. The third kappa shape index (κ3) is 7.60. The molecule has 1 fully saturated rings. The lowest BCUT2D eigenvalue weighted by molar-refractivity contribution is -0.159. The van der Waals surface area contributed by atoms with Crippen LogP contribution >= 0.6 is 21.6 Å². The van der Waals surface area contributed by atoms with Gasteiger partial charge in [-0.1, -0.05) is 92.2 Å². The van der Waals surface area contributed by atoms with E-state index in [4.69, 9.17) is 9.16 Å². The molecule has 0 bridgehead atoms. The van der Waals surface area contributed by atoms with Crippen molar-refractivity contribution in [3.8, 4) is 0 Å². The van der Waals surface area contributed by atoms with Crippen molar-refractivity contribution in [2.75, 3.05) is 0 Å². The van der Waals surface area contributed by atoms with Crippen molar-refractivity contribution in [1.82, 2.24) is 14.9 Å². The third-order valence-electron chi connectivity index (χ3n) is 7.99. The summed E-state index contributed by atoms with van der Waals surface area (Å²) in [4.78, 5) is 38.2. The quantitative estimate of drug-likeness (QED) is 0.0689. The Bertz CT molecular complexity index is 1390. The van der Waals surface area contributed by atoms with Crippen LogP contribution < -0.4 is 0 Å². The number of aromatic nitrogens is 2. The second kappa shape index (κ2) is 13.8. The molecule has 2 aromatic carbocycles. The molecule has 0 aliphatic carbocycles. The topological polar surface area (TPSA) is 81.6 Å². The number of hydrogen-bond donors (Lipinski definition) is 0. The molecule has 2 heterocycles. The van der Waals surface area contributed by atoms with E-state index < -0.39 is 26.3 Å². The number of carbonyl (C=O) groups is 2. The highest BCUT2D eigenvalue weighted by molar-refractivity contribution is 8.76. The average molecular weight is 636 g/mol. The normalized spacial score (nSPS) is 17.8. The Morgan fingerprint density at radius 2 is 1.56 bits per heavy atom. The van der Waals surface area contributed by atoms with Crippen LogP contribution in [0.1, 0.15) is 58.8 Å². The average Bonchev–Trinajstić information content (AvgIpc) is 2.96. The van der Waals surface area contributed by atoms with Crippen molar-refractivity contribution in [3.05, 3.63) is 102 Å². The van der Waals surface area contributed by atoms with Crippen LogP contribution in [0.5, 0.6) is 0 Å². The Kier molecular flexibility index (Phi) is 10.6. The highest BCUT2D eigenvalue weighted by Crippen LogP contribution is 2.49. The second-order valence-electron chi connectivity index (χ2n) is 12.4. The number of benzene rings is 2. The summed E-state index contributed by atoms with van der Waals surface area (Å²) < 4.78 is 12.9. The molecule has 1 saturated heterocycles. The first-order chi connectivity index (χ1) is 20.3. The molecule has 0 saturated carbocycles. The first-order valence-corrected chi connectivity index (χ1v) is 19.5. The number of hydrogen-bond acceptors (Lipinski definition) is 8. The molecule has 10 heteroatoms. The summed E-state index contributed by atoms with van der Waals surface area (Å²) in [5, 5.41) is 0.338. The fraction of sp³-hybridized carbons (Fsp3) is 0.394. The van der Waals surface area contributed by atoms with E-state index >= 15 is 0 Å². The monoisotopic (exact) mass is 635 g/mol. The van der Waals surface area contributed by atoms with Gasteiger partial charge >= 0.3 is 5.97 Å². The van der Waals surface area contributed by atoms with Crippen LogP contribution in [0.2, 0.25) is 18.1 Å². The van der Waals surface area contributed by atoms with Gasteiger partial charge in [-0.25, -0.2) is 9.78 Å². The van der Waals surface area contributed by atoms with Gasteiger partial charge in [0.25, 0.3) is 0 Å². The number of rotatable bonds is 11. The number of nitrogens with zero attached hydrogens (tertiary/aromatic N) is 3. The minimum atomic E-state index is -2.16. The Morgan fingerprint density at radius 3 is 2.05 bits per heavy atom. The number of allylic oxidation sites excluding steroid dienone is 1. The Morgan fingerprint density at radius 1 is 0.977 bits per heavy atom. The minimum Gasteiger partial charge on any atom is -0.448 e. The van der Waals surface area contributed by atoms with Gasteiger partial charge in [-0.05, 0) is 66.4 Å². The molecule has 1 amide bonds. The molecule has 43 heavy (non-hydrogen) atoms. The van der Waals surface area contributed by atoms with Gasteiger partial charge in [-0.2, -0.15) is 0 Å². The van der Waals surface area contributed by atoms with Gasteiger partial charge in [0.1, 0.15) is 16.1 Å². The van der Waals surface area contributed by atoms with E-state index in [1.54, 1.807) is 23.5 Å². The number of amides is 1. The first kappa shape index (κ1) is 33.0. The maximum absolute atomic E-state index is 14.0. The minimum absolute atomic E-state index is 0.0104. The van der Waals surface area contributed by atoms with Crippen molar-refractivity contribution in [2.24, 2.45) is 5.92 Å². The van der Waals surface area contributed by atoms with Crippen LogP contribution in [0, 0.1) is 5.92 Å². The Labute approximate surface area is 264 Å². The molecule has 0 unspecified atom stereocenters. The molecule has 1 aliphatic heterocycles. The van der Waals surface area contributed by atoms with E-state index in [-0.39, 0.29) is 28.1 Å². The maximum atomic E-state index is 14.0. The summed E-state index contributed by atoms with van der Waals surface area (Å²) in [5.74, 6) is -1.13. The standard InChI is InChI=1S/C33H41N3O4S2Si/c1-22(2)28(32(38)39-29(24-15-11-9-12-16-24)25-17-13-10-14-18-25)36-30(37)27(23(3)40-43(7,8)33(4,5)6)31(36)42-41-26-21-34-19-20-35-26/h9-21,23,27,29,31H,1-8H3/t23-,27+,31-/m1/s1. The van der Waals surface area contributed by atoms with E-state index in [1.165, 1.54) is 21.6 Å². The molecular weight excluding hydrogens is 595 g/mol. The molecule has 0 radical (unpaired) electrons. The predicted molar refractivity (Wildman–Crippen MR) is 177 cm³/mol. The molecule has 228 valence electrons. The third-order valence-corrected chi connectivity index (χ3v) is 15.1. The van der Waals surface area contributed by atoms with Gasteiger partial charge < -0.3 is 9.16 Å². The van der Waals surface area contributed by atoms with Gasteiger partial charge in [-0.15, -0.1) is 0 Å². The van der Waals surface area contributed by atoms with Crippen LogP contribution in [0.25, 0.3) is 0 Å². The summed E-state index contributed by atoms with van der Waals surface area (Å²) in [5.41, 5.74) is 2.66. The largest absolute Gasteiger partial charge is 0.448 e. The predicted octanol–water partition coefficient (Wildman–Crippen LogP) is 8.04. The molecule has 1 aliphatic rings. The van der Waals surface area contributed by atoms with Crippen molar-refractivity contribution in [1.29, 1.82) is 0 Å². The highest BCUT2D eigenvalue weighted by Gasteiger charge is 2.55. The number of likely N-dealkylation sites (tertiary alicyclic amines) is 1. The Hall–Kier alpha value is -2.92. The zero-order valence-electron chi connectivity index (χ0n) is 26.1. The fourth-order valence-electron chi connectivity index (χ4n) is 4.69. The smallest absolute Gasteiger partial charge is 0.355 e. The molecule has 4 rings (SSSR count). The van der Waals surface area contributed by atoms with Gasteiger partial charge in [0, 0.05) is 12.4 Å². The molecule has 0 N–H and O–H groups in total. The summed E-state index contributed by atoms with van der Waals surface area (Å²) in [6.45, 7) is 16.6. The second-order valence-corrected chi connectivity index (χ2v) is 19.5. The zero-order valence-corrected chi connectivity index (χ0v) is 28.7. The first-order valence-electron chi connectivity index (χ1n) is 14.4. The zero-order chi connectivity index (χ0) is 31.4. The van der Waals surface area contributed by atoms with Crippen LogP contribution in [0.3, 0.4) is 0 Å². The molecule has 3 atom stereocenters. The summed E-state index contributed by atoms with van der Waals surface area (Å²) in [6, 6.07) is 19.3. The van der Waals surface area contributed by atoms with Crippen molar-refractivity contribution in [2.45, 2.75) is 82.3 Å². The molecule has 0 spiro atoms. The highest BCUT2D eigenvalue weighted by atomic mass is 33.1. The fourth-order valence-corrected chi connectivity index (χ4v) is 8.75. The number of ether oxygens (including phenoxy) is 1. The van der Waals surface area contributed by atoms with Gasteiger partial charge in [0.15, 0.2) is 14.4 Å². The molecule has 7 nitrogen and oxygen atoms in total. The van der Waals surface area contributed by atoms with Crippen LogP contribution in [0.4, 0.5) is 0 Å². The van der Waals surface area contributed by atoms with E-state index in [0.717, 1.165) is 16.2 Å². The van der Waals surface area contributed by atoms with E-state index in [2.05, 4.69) is 43.8 Å². The summed E-state index contributed by atoms with van der Waals surface area (Å²) in [6.07, 6.45) is 3.99. The van der Waals surface area contributed by atoms with Crippen molar-refractivity contribution >= 4 is 41.8 Å². The molecular formula is C33H41N3O4S2Si. The van der Waals surface area contributed by atoms with E-state index in [1.807, 2.05) is 81.4 Å². The van der Waals surface area contributed by atoms with Gasteiger partial charge in [-0.3, -0.25) is 14.7 Å². The van der Waals surface area contributed by atoms with Gasteiger partial charge in [0.2, 0.25) is 5.91 Å². The van der Waals surface area contributed by atoms with Gasteiger partial charge in [0.05, 0.1) is 18.2 Å². The number of carbonyl (C=O) groups excluding carboxylic acids is 2. The SMILES string of the molecule is CC(C)=C(C(=O)OC(c1ccccc1)c1ccccc1)N1C(=O)[C@H]([C@@H](C)O[Si](C)(C)C(C)(C)C)[C@H]1SSc1cnccn1. The van der Waals surface area contributed by atoms with Crippen LogP contribution in [-0.2, 0) is 18.8 Å². The number of β-lactam (4-membered cyclic amide) rings is 1. The van der Waals surface area contributed by atoms with E-state index in [9.17, 15) is 9.59 Å². The maximum Gasteiger partial charge on any atom is 0.355 e. The van der Waals surface area contributed by atoms with Crippen LogP contribution in [0.15, 0.2) is 95.6 Å². The lowest BCUT2D eigenvalue weighted by Crippen LogP contribution is -2.64. The summed E-state index contributed by atoms with van der Waals surface area (Å²) in [7, 11) is 0.758. The van der Waals surface area contributed by atoms with Crippen molar-refractivity contribution in [3.63, 3.8) is 0 Å². The lowest BCUT2D eigenvalue weighted by atomic mass is 9.91. The van der Waals surface area contributed by atoms with Crippen LogP contribution in [-0.4, -0.2) is 46.5 Å². The molecule has 1 aromatic heterocycles. The van der Waals surface area contributed by atoms with E-state index in [0.29, 0.717) is 5.57 Å². The summed E-state index contributed by atoms with van der Waals surface area (Å²) >= 11 is 0. The number of esters is 1. The Balaban J connectivity index is 1.65.